The highest BCUT2D eigenvalue weighted by Crippen LogP contribution is 2.24. The standard InChI is InChI=1S/C23H29IN6O3/c1-27-20-19(21(31)30(23(27)32)15-17-7-4-5-13-33-17)29(14-16-6-2-3-8-18(16)24)22(26-20)28-11-9-25-10-12-28/h2-3,6,8,17,25H,4-5,7,9-15H2,1H3. The number of aryl methyl sites for hydroxylation is 1. The summed E-state index contributed by atoms with van der Waals surface area (Å²) in [7, 11) is 1.70. The number of fused-ring (bicyclic) bond motifs is 1. The van der Waals surface area contributed by atoms with Crippen LogP contribution in [0.15, 0.2) is 33.9 Å². The van der Waals surface area contributed by atoms with Crippen LogP contribution in [0.2, 0.25) is 0 Å². The molecule has 0 aliphatic carbocycles. The molecule has 2 aromatic heterocycles. The molecule has 2 aliphatic rings. The molecule has 10 heteroatoms. The second-order valence-corrected chi connectivity index (χ2v) is 9.91. The molecule has 3 aromatic rings. The van der Waals surface area contributed by atoms with Crippen molar-refractivity contribution in [1.29, 1.82) is 0 Å². The Morgan fingerprint density at radius 2 is 1.94 bits per heavy atom. The second kappa shape index (κ2) is 9.59. The van der Waals surface area contributed by atoms with Gasteiger partial charge in [0.1, 0.15) is 0 Å². The number of ether oxygens (including phenoxy) is 1. The van der Waals surface area contributed by atoms with E-state index in [4.69, 9.17) is 9.72 Å². The fourth-order valence-corrected chi connectivity index (χ4v) is 5.29. The molecule has 176 valence electrons. The van der Waals surface area contributed by atoms with Gasteiger partial charge in [-0.25, -0.2) is 4.79 Å². The highest BCUT2D eigenvalue weighted by Gasteiger charge is 2.26. The van der Waals surface area contributed by atoms with Crippen LogP contribution in [-0.4, -0.2) is 57.6 Å². The van der Waals surface area contributed by atoms with Crippen molar-refractivity contribution in [2.45, 2.75) is 38.5 Å². The molecule has 0 amide bonds. The molecule has 0 radical (unpaired) electrons. The van der Waals surface area contributed by atoms with Crippen LogP contribution >= 0.6 is 22.6 Å². The Hall–Kier alpha value is -2.18. The Morgan fingerprint density at radius 1 is 1.15 bits per heavy atom. The van der Waals surface area contributed by atoms with E-state index < -0.39 is 0 Å². The zero-order chi connectivity index (χ0) is 22.9. The quantitative estimate of drug-likeness (QED) is 0.474. The molecule has 0 bridgehead atoms. The lowest BCUT2D eigenvalue weighted by molar-refractivity contribution is 0.00462. The highest BCUT2D eigenvalue weighted by molar-refractivity contribution is 14.1. The van der Waals surface area contributed by atoms with Gasteiger partial charge >= 0.3 is 5.69 Å². The number of hydrogen-bond donors (Lipinski definition) is 1. The van der Waals surface area contributed by atoms with Crippen LogP contribution in [0.25, 0.3) is 11.2 Å². The summed E-state index contributed by atoms with van der Waals surface area (Å²) in [6, 6.07) is 8.16. The summed E-state index contributed by atoms with van der Waals surface area (Å²) >= 11 is 2.33. The average molecular weight is 564 g/mol. The summed E-state index contributed by atoms with van der Waals surface area (Å²) in [4.78, 5) is 34.0. The highest BCUT2D eigenvalue weighted by atomic mass is 127. The number of anilines is 1. The van der Waals surface area contributed by atoms with Crippen molar-refractivity contribution in [2.75, 3.05) is 37.7 Å². The normalized spacial score (nSPS) is 19.3. The maximum Gasteiger partial charge on any atom is 0.332 e. The van der Waals surface area contributed by atoms with E-state index in [0.29, 0.717) is 24.3 Å². The predicted octanol–water partition coefficient (Wildman–Crippen LogP) is 1.53. The number of rotatable bonds is 5. The second-order valence-electron chi connectivity index (χ2n) is 8.74. The molecule has 1 unspecified atom stereocenters. The molecule has 1 aromatic carbocycles. The Kier molecular flexibility index (Phi) is 6.57. The monoisotopic (exact) mass is 564 g/mol. The SMILES string of the molecule is Cn1c(=O)n(CC2CCCCO2)c(=O)c2c1nc(N1CCNCC1)n2Cc1ccccc1I. The summed E-state index contributed by atoms with van der Waals surface area (Å²) < 4.78 is 11.8. The third-order valence-corrected chi connectivity index (χ3v) is 7.61. The van der Waals surface area contributed by atoms with Gasteiger partial charge in [0.2, 0.25) is 5.95 Å². The number of imidazole rings is 1. The van der Waals surface area contributed by atoms with Crippen molar-refractivity contribution in [1.82, 2.24) is 24.0 Å². The van der Waals surface area contributed by atoms with E-state index in [-0.39, 0.29) is 23.9 Å². The van der Waals surface area contributed by atoms with Gasteiger partial charge in [-0.1, -0.05) is 18.2 Å². The van der Waals surface area contributed by atoms with Crippen LogP contribution < -0.4 is 21.5 Å². The van der Waals surface area contributed by atoms with E-state index in [1.54, 1.807) is 7.05 Å². The Morgan fingerprint density at radius 3 is 2.67 bits per heavy atom. The van der Waals surface area contributed by atoms with Gasteiger partial charge in [-0.3, -0.25) is 18.5 Å². The van der Waals surface area contributed by atoms with Crippen LogP contribution in [0.3, 0.4) is 0 Å². The third kappa shape index (κ3) is 4.35. The van der Waals surface area contributed by atoms with E-state index in [0.717, 1.165) is 60.5 Å². The predicted molar refractivity (Wildman–Crippen MR) is 136 cm³/mol. The van der Waals surface area contributed by atoms with Crippen molar-refractivity contribution < 1.29 is 4.74 Å². The number of piperazine rings is 1. The fraction of sp³-hybridized carbons (Fsp3) is 0.522. The van der Waals surface area contributed by atoms with Gasteiger partial charge in [-0.05, 0) is 53.5 Å². The minimum absolute atomic E-state index is 0.110. The van der Waals surface area contributed by atoms with Gasteiger partial charge in [-0.2, -0.15) is 4.98 Å². The van der Waals surface area contributed by atoms with Crippen LogP contribution in [0.1, 0.15) is 24.8 Å². The van der Waals surface area contributed by atoms with Crippen LogP contribution in [0.5, 0.6) is 0 Å². The molecule has 2 aliphatic heterocycles. The maximum absolute atomic E-state index is 13.8. The number of aromatic nitrogens is 4. The molecule has 4 heterocycles. The van der Waals surface area contributed by atoms with Gasteiger partial charge in [0.15, 0.2) is 11.2 Å². The lowest BCUT2D eigenvalue weighted by atomic mass is 10.1. The summed E-state index contributed by atoms with van der Waals surface area (Å²) in [5, 5.41) is 3.37. The smallest absolute Gasteiger partial charge is 0.332 e. The number of benzene rings is 1. The molecule has 5 rings (SSSR count). The average Bonchev–Trinajstić information content (AvgIpc) is 3.22. The van der Waals surface area contributed by atoms with E-state index >= 15 is 0 Å². The summed E-state index contributed by atoms with van der Waals surface area (Å²) in [6.45, 7) is 4.78. The van der Waals surface area contributed by atoms with E-state index in [2.05, 4.69) is 44.9 Å². The van der Waals surface area contributed by atoms with Crippen molar-refractivity contribution in [2.24, 2.45) is 7.05 Å². The van der Waals surface area contributed by atoms with E-state index in [9.17, 15) is 9.59 Å². The molecule has 1 N–H and O–H groups in total. The largest absolute Gasteiger partial charge is 0.376 e. The van der Waals surface area contributed by atoms with Crippen molar-refractivity contribution in [3.8, 4) is 0 Å². The first-order valence-corrected chi connectivity index (χ1v) is 12.6. The van der Waals surface area contributed by atoms with Crippen molar-refractivity contribution in [3.63, 3.8) is 0 Å². The molecule has 9 nitrogen and oxygen atoms in total. The van der Waals surface area contributed by atoms with Gasteiger partial charge in [0, 0.05) is 43.4 Å². The molecule has 2 fully saturated rings. The summed E-state index contributed by atoms with van der Waals surface area (Å²) in [6.07, 6.45) is 2.83. The molecule has 0 spiro atoms. The van der Waals surface area contributed by atoms with Crippen molar-refractivity contribution >= 4 is 39.7 Å². The topological polar surface area (TPSA) is 86.3 Å². The van der Waals surface area contributed by atoms with Crippen molar-refractivity contribution in [3.05, 3.63) is 54.2 Å². The van der Waals surface area contributed by atoms with E-state index in [1.165, 1.54) is 9.13 Å². The minimum Gasteiger partial charge on any atom is -0.376 e. The Balaban J connectivity index is 1.68. The Labute approximate surface area is 205 Å². The lowest BCUT2D eigenvalue weighted by Crippen LogP contribution is -2.45. The maximum atomic E-state index is 13.8. The first-order valence-electron chi connectivity index (χ1n) is 11.6. The number of halogens is 1. The molecule has 1 atom stereocenters. The Bertz CT molecular complexity index is 1270. The number of nitrogens with one attached hydrogen (secondary N) is 1. The molecule has 33 heavy (non-hydrogen) atoms. The third-order valence-electron chi connectivity index (χ3n) is 6.56. The number of nitrogens with zero attached hydrogens (tertiary/aromatic N) is 5. The fourth-order valence-electron chi connectivity index (χ4n) is 4.73. The van der Waals surface area contributed by atoms with Gasteiger partial charge in [0.25, 0.3) is 5.56 Å². The van der Waals surface area contributed by atoms with Crippen LogP contribution in [0.4, 0.5) is 5.95 Å². The zero-order valence-corrected chi connectivity index (χ0v) is 21.0. The first kappa shape index (κ1) is 22.6. The zero-order valence-electron chi connectivity index (χ0n) is 18.8. The molecule has 0 saturated carbocycles. The van der Waals surface area contributed by atoms with Gasteiger partial charge in [0.05, 0.1) is 19.2 Å². The lowest BCUT2D eigenvalue weighted by Gasteiger charge is -2.29. The molecular formula is C23H29IN6O3. The van der Waals surface area contributed by atoms with Gasteiger partial charge in [-0.15, -0.1) is 0 Å². The number of hydrogen-bond acceptors (Lipinski definition) is 6. The van der Waals surface area contributed by atoms with E-state index in [1.807, 2.05) is 16.7 Å². The molecular weight excluding hydrogens is 535 g/mol. The minimum atomic E-state index is -0.340. The summed E-state index contributed by atoms with van der Waals surface area (Å²) in [5.41, 5.74) is 1.39. The van der Waals surface area contributed by atoms with Crippen LogP contribution in [0, 0.1) is 3.57 Å². The summed E-state index contributed by atoms with van der Waals surface area (Å²) in [5.74, 6) is 0.741. The van der Waals surface area contributed by atoms with Gasteiger partial charge < -0.3 is 15.0 Å². The molecule has 2 saturated heterocycles. The van der Waals surface area contributed by atoms with Crippen LogP contribution in [-0.2, 0) is 24.9 Å². The first-order chi connectivity index (χ1) is 16.0.